The maximum absolute atomic E-state index is 13.5. The Bertz CT molecular complexity index is 982. The highest BCUT2D eigenvalue weighted by Gasteiger charge is 2.39. The van der Waals surface area contributed by atoms with E-state index in [1.165, 1.54) is 12.1 Å². The highest BCUT2D eigenvalue weighted by Crippen LogP contribution is 2.39. The van der Waals surface area contributed by atoms with Gasteiger partial charge in [0.2, 0.25) is 0 Å². The van der Waals surface area contributed by atoms with Crippen molar-refractivity contribution >= 4 is 23.3 Å². The summed E-state index contributed by atoms with van der Waals surface area (Å²) in [7, 11) is 0. The third-order valence-corrected chi connectivity index (χ3v) is 5.06. The van der Waals surface area contributed by atoms with Crippen LogP contribution in [0.25, 0.3) is 10.9 Å². The van der Waals surface area contributed by atoms with Crippen molar-refractivity contribution < 1.29 is 4.39 Å². The van der Waals surface area contributed by atoms with Gasteiger partial charge in [0.05, 0.1) is 17.3 Å². The Kier molecular flexibility index (Phi) is 4.45. The van der Waals surface area contributed by atoms with Crippen LogP contribution >= 0.6 is 12.4 Å². The molecule has 1 aromatic carbocycles. The Morgan fingerprint density at radius 2 is 2.08 bits per heavy atom. The van der Waals surface area contributed by atoms with E-state index in [2.05, 4.69) is 16.0 Å². The minimum atomic E-state index is -0.617. The molecule has 2 aromatic heterocycles. The maximum atomic E-state index is 13.5. The number of halogens is 2. The number of pyridine rings is 2. The van der Waals surface area contributed by atoms with E-state index in [4.69, 9.17) is 0 Å². The first-order chi connectivity index (χ1) is 11.6. The molecule has 25 heavy (non-hydrogen) atoms. The van der Waals surface area contributed by atoms with Crippen molar-refractivity contribution in [1.29, 1.82) is 5.26 Å². The predicted molar refractivity (Wildman–Crippen MR) is 97.2 cm³/mol. The molecule has 0 N–H and O–H groups in total. The molecule has 1 unspecified atom stereocenters. The van der Waals surface area contributed by atoms with Crippen LogP contribution in [0.4, 0.5) is 4.39 Å². The average Bonchev–Trinajstić information content (AvgIpc) is 2.62. The fraction of sp³-hybridized carbons (Fsp3) is 0.250. The molecule has 5 heteroatoms. The van der Waals surface area contributed by atoms with Gasteiger partial charge in [0.25, 0.3) is 0 Å². The first-order valence-corrected chi connectivity index (χ1v) is 8.03. The summed E-state index contributed by atoms with van der Waals surface area (Å²) < 4.78 is 13.5. The molecule has 3 nitrogen and oxygen atoms in total. The molecule has 0 saturated heterocycles. The van der Waals surface area contributed by atoms with E-state index < -0.39 is 5.41 Å². The lowest BCUT2D eigenvalue weighted by Crippen LogP contribution is -2.33. The quantitative estimate of drug-likeness (QED) is 0.649. The molecule has 0 fully saturated rings. The number of aryl methyl sites for hydroxylation is 2. The van der Waals surface area contributed by atoms with Gasteiger partial charge in [0.15, 0.2) is 0 Å². The number of aromatic nitrogens is 2. The molecule has 0 saturated carbocycles. The van der Waals surface area contributed by atoms with E-state index in [0.717, 1.165) is 27.9 Å². The zero-order valence-corrected chi connectivity index (χ0v) is 14.6. The summed E-state index contributed by atoms with van der Waals surface area (Å²) in [6, 6.07) is 12.9. The summed E-state index contributed by atoms with van der Waals surface area (Å²) in [6.45, 7) is 2.03. The van der Waals surface area contributed by atoms with Gasteiger partial charge in [0.1, 0.15) is 11.2 Å². The molecule has 1 atom stereocenters. The standard InChI is InChI=1S/C20H16FN3.ClH/c1-13-15-6-5-14(21)10-18(15)24-17-7-8-20(12-22,11-16(13)17)19-4-2-3-9-23-19;/h2-6,9-10H,7-8,11H2,1H3;1H. The summed E-state index contributed by atoms with van der Waals surface area (Å²) in [5.74, 6) is -0.273. The Hall–Kier alpha value is -2.51. The topological polar surface area (TPSA) is 49.6 Å². The summed E-state index contributed by atoms with van der Waals surface area (Å²) in [5.41, 5.74) is 4.06. The molecule has 1 aliphatic carbocycles. The molecule has 1 aliphatic rings. The number of rotatable bonds is 1. The second-order valence-corrected chi connectivity index (χ2v) is 6.41. The van der Waals surface area contributed by atoms with Crippen LogP contribution in [0.2, 0.25) is 0 Å². The Labute approximate surface area is 152 Å². The van der Waals surface area contributed by atoms with E-state index in [9.17, 15) is 9.65 Å². The molecule has 0 spiro atoms. The van der Waals surface area contributed by atoms with Gasteiger partial charge in [-0.3, -0.25) is 9.97 Å². The van der Waals surface area contributed by atoms with Gasteiger partial charge < -0.3 is 0 Å². The third kappa shape index (κ3) is 2.75. The first-order valence-electron chi connectivity index (χ1n) is 8.03. The average molecular weight is 354 g/mol. The number of nitriles is 1. The monoisotopic (exact) mass is 353 g/mol. The number of fused-ring (bicyclic) bond motifs is 2. The van der Waals surface area contributed by atoms with Crippen LogP contribution in [-0.2, 0) is 18.3 Å². The Morgan fingerprint density at radius 3 is 2.80 bits per heavy atom. The van der Waals surface area contributed by atoms with Crippen LogP contribution < -0.4 is 0 Å². The van der Waals surface area contributed by atoms with Crippen LogP contribution in [-0.4, -0.2) is 9.97 Å². The van der Waals surface area contributed by atoms with Crippen molar-refractivity contribution in [3.63, 3.8) is 0 Å². The fourth-order valence-corrected chi connectivity index (χ4v) is 3.69. The molecule has 0 bridgehead atoms. The minimum Gasteiger partial charge on any atom is -0.260 e. The Morgan fingerprint density at radius 1 is 1.24 bits per heavy atom. The number of benzene rings is 1. The second-order valence-electron chi connectivity index (χ2n) is 6.41. The summed E-state index contributed by atoms with van der Waals surface area (Å²) in [5, 5.41) is 10.9. The van der Waals surface area contributed by atoms with Gasteiger partial charge in [-0.05, 0) is 61.6 Å². The highest BCUT2D eigenvalue weighted by atomic mass is 35.5. The van der Waals surface area contributed by atoms with Gasteiger partial charge >= 0.3 is 0 Å². The van der Waals surface area contributed by atoms with Crippen molar-refractivity contribution in [2.45, 2.75) is 31.6 Å². The van der Waals surface area contributed by atoms with Gasteiger partial charge in [-0.2, -0.15) is 5.26 Å². The van der Waals surface area contributed by atoms with Crippen molar-refractivity contribution in [1.82, 2.24) is 9.97 Å². The van der Waals surface area contributed by atoms with Crippen molar-refractivity contribution in [3.8, 4) is 6.07 Å². The van der Waals surface area contributed by atoms with E-state index in [1.54, 1.807) is 12.3 Å². The predicted octanol–water partition coefficient (Wildman–Crippen LogP) is 4.45. The molecule has 0 amide bonds. The molecule has 0 aliphatic heterocycles. The van der Waals surface area contributed by atoms with Crippen molar-refractivity contribution in [2.75, 3.05) is 0 Å². The van der Waals surface area contributed by atoms with E-state index in [1.807, 2.05) is 25.1 Å². The van der Waals surface area contributed by atoms with Crippen molar-refractivity contribution in [2.24, 2.45) is 0 Å². The molecule has 4 rings (SSSR count). The second kappa shape index (κ2) is 6.42. The van der Waals surface area contributed by atoms with Gasteiger partial charge in [-0.1, -0.05) is 6.07 Å². The Balaban J connectivity index is 0.00000182. The molecule has 0 radical (unpaired) electrons. The van der Waals surface area contributed by atoms with E-state index >= 15 is 0 Å². The van der Waals surface area contributed by atoms with Gasteiger partial charge in [0, 0.05) is 23.3 Å². The molecular formula is C20H17ClFN3. The third-order valence-electron chi connectivity index (χ3n) is 5.06. The normalized spacial score (nSPS) is 18.9. The van der Waals surface area contributed by atoms with Crippen molar-refractivity contribution in [3.05, 3.63) is 70.9 Å². The van der Waals surface area contributed by atoms with Crippen LogP contribution in [0, 0.1) is 24.1 Å². The van der Waals surface area contributed by atoms with E-state index in [-0.39, 0.29) is 18.2 Å². The van der Waals surface area contributed by atoms with Gasteiger partial charge in [-0.15, -0.1) is 12.4 Å². The molecule has 126 valence electrons. The largest absolute Gasteiger partial charge is 0.260 e. The van der Waals surface area contributed by atoms with E-state index in [0.29, 0.717) is 24.8 Å². The maximum Gasteiger partial charge on any atom is 0.125 e. The molecule has 3 aromatic rings. The molecular weight excluding hydrogens is 337 g/mol. The number of hydrogen-bond acceptors (Lipinski definition) is 3. The van der Waals surface area contributed by atoms with Crippen LogP contribution in [0.15, 0.2) is 42.6 Å². The zero-order valence-electron chi connectivity index (χ0n) is 13.8. The van der Waals surface area contributed by atoms with Crippen LogP contribution in [0.1, 0.15) is 28.9 Å². The molecule has 2 heterocycles. The fourth-order valence-electron chi connectivity index (χ4n) is 3.69. The SMILES string of the molecule is Cc1c2c(nc3cc(F)ccc13)CCC(C#N)(c1ccccn1)C2.Cl. The smallest absolute Gasteiger partial charge is 0.125 e. The lowest BCUT2D eigenvalue weighted by Gasteiger charge is -2.32. The number of hydrogen-bond donors (Lipinski definition) is 0. The van der Waals surface area contributed by atoms with Crippen LogP contribution in [0.3, 0.4) is 0 Å². The summed E-state index contributed by atoms with van der Waals surface area (Å²) in [6.07, 6.45) is 3.72. The van der Waals surface area contributed by atoms with Crippen LogP contribution in [0.5, 0.6) is 0 Å². The zero-order chi connectivity index (χ0) is 16.7. The lowest BCUT2D eigenvalue weighted by atomic mass is 9.70. The van der Waals surface area contributed by atoms with Gasteiger partial charge in [-0.25, -0.2) is 4.39 Å². The first kappa shape index (κ1) is 17.3. The summed E-state index contributed by atoms with van der Waals surface area (Å²) >= 11 is 0. The highest BCUT2D eigenvalue weighted by molar-refractivity contribution is 5.85. The lowest BCUT2D eigenvalue weighted by molar-refractivity contribution is 0.454. The summed E-state index contributed by atoms with van der Waals surface area (Å²) in [4.78, 5) is 9.09. The minimum absolute atomic E-state index is 0. The number of nitrogens with zero attached hydrogens (tertiary/aromatic N) is 3.